The quantitative estimate of drug-likeness (QED) is 0.457. The van der Waals surface area contributed by atoms with Crippen LogP contribution in [0, 0.1) is 0 Å². The van der Waals surface area contributed by atoms with Crippen molar-refractivity contribution >= 4 is 33.4 Å². The summed E-state index contributed by atoms with van der Waals surface area (Å²) in [6.07, 6.45) is 4.04. The third kappa shape index (κ3) is 5.36. The van der Waals surface area contributed by atoms with Gasteiger partial charge in [-0.25, -0.2) is 14.8 Å². The van der Waals surface area contributed by atoms with Gasteiger partial charge in [-0.15, -0.1) is 0 Å². The van der Waals surface area contributed by atoms with E-state index in [1.54, 1.807) is 31.5 Å². The Morgan fingerprint density at radius 3 is 2.75 bits per heavy atom. The van der Waals surface area contributed by atoms with Crippen LogP contribution in [0.25, 0.3) is 5.52 Å². The normalized spacial score (nSPS) is 18.2. The number of anilines is 1. The predicted octanol–water partition coefficient (Wildman–Crippen LogP) is 4.34. The number of ether oxygens (including phenoxy) is 3. The van der Waals surface area contributed by atoms with Crippen molar-refractivity contribution in [3.05, 3.63) is 46.6 Å². The molecule has 1 fully saturated rings. The van der Waals surface area contributed by atoms with Crippen molar-refractivity contribution in [1.29, 1.82) is 0 Å². The summed E-state index contributed by atoms with van der Waals surface area (Å²) in [4.78, 5) is 23.4. The van der Waals surface area contributed by atoms with Crippen LogP contribution in [0.4, 0.5) is 10.6 Å². The first-order valence-electron chi connectivity index (χ1n) is 11.7. The number of carbonyl (C=O) groups excluding carboxylic acids is 1. The van der Waals surface area contributed by atoms with E-state index in [2.05, 4.69) is 31.2 Å². The third-order valence-electron chi connectivity index (χ3n) is 5.99. The highest BCUT2D eigenvalue weighted by molar-refractivity contribution is 9.10. The fourth-order valence-electron chi connectivity index (χ4n) is 4.33. The molecule has 194 valence electrons. The van der Waals surface area contributed by atoms with Gasteiger partial charge in [0.1, 0.15) is 38.6 Å². The van der Waals surface area contributed by atoms with Crippen LogP contribution in [-0.4, -0.2) is 63.4 Å². The van der Waals surface area contributed by atoms with Crippen LogP contribution >= 0.6 is 15.9 Å². The molecule has 11 heteroatoms. The zero-order valence-electron chi connectivity index (χ0n) is 21.2. The lowest BCUT2D eigenvalue weighted by atomic mass is 9.92. The topological polar surface area (TPSA) is 110 Å². The molecular formula is C25H32BrN5O5. The van der Waals surface area contributed by atoms with E-state index < -0.39 is 17.3 Å². The molecule has 0 unspecified atom stereocenters. The smallest absolute Gasteiger partial charge is 0.410 e. The van der Waals surface area contributed by atoms with Gasteiger partial charge in [0.25, 0.3) is 0 Å². The molecule has 0 spiro atoms. The van der Waals surface area contributed by atoms with Crippen LogP contribution in [0.15, 0.2) is 35.2 Å². The molecule has 1 saturated heterocycles. The Balaban J connectivity index is 1.61. The summed E-state index contributed by atoms with van der Waals surface area (Å²) in [5, 5.41) is 15.0. The maximum absolute atomic E-state index is 12.7. The number of piperidine rings is 1. The lowest BCUT2D eigenvalue weighted by Gasteiger charge is -2.38. The monoisotopic (exact) mass is 561 g/mol. The number of imidazole rings is 1. The van der Waals surface area contributed by atoms with Crippen molar-refractivity contribution in [2.45, 2.75) is 51.4 Å². The summed E-state index contributed by atoms with van der Waals surface area (Å²) < 4.78 is 18.7. The van der Waals surface area contributed by atoms with Crippen LogP contribution in [-0.2, 0) is 16.9 Å². The highest BCUT2D eigenvalue weighted by Crippen LogP contribution is 2.36. The molecule has 4 rings (SSSR count). The second-order valence-corrected chi connectivity index (χ2v) is 10.5. The molecule has 1 aliphatic rings. The number of likely N-dealkylation sites (tertiary alicyclic amines) is 1. The molecule has 2 aromatic heterocycles. The number of halogens is 1. The summed E-state index contributed by atoms with van der Waals surface area (Å²) in [6, 6.07) is 5.62. The highest BCUT2D eigenvalue weighted by atomic mass is 79.9. The number of nitrogens with one attached hydrogen (secondary N) is 1. The molecule has 1 amide bonds. The fraction of sp³-hybridized carbons (Fsp3) is 0.480. The van der Waals surface area contributed by atoms with E-state index in [1.807, 2.05) is 43.4 Å². The number of fused-ring (bicyclic) bond motifs is 1. The zero-order valence-corrected chi connectivity index (χ0v) is 22.8. The number of benzene rings is 1. The second kappa shape index (κ2) is 10.1. The SMILES string of the molecule is COc1ccc(CNc2nccn3c([C@]4(O)CCCN(C(=O)OC(C)(C)C)C4)nc(Br)c23)c(OC)c1. The Morgan fingerprint density at radius 1 is 1.28 bits per heavy atom. The highest BCUT2D eigenvalue weighted by Gasteiger charge is 2.42. The number of β-amino-alcohol motifs (C(OH)–C–C–N with tert-alkyl or cyclic N) is 1. The minimum absolute atomic E-state index is 0.0849. The number of methoxy groups -OCH3 is 2. The lowest BCUT2D eigenvalue weighted by molar-refractivity contribution is -0.0518. The summed E-state index contributed by atoms with van der Waals surface area (Å²) in [7, 11) is 3.22. The van der Waals surface area contributed by atoms with Gasteiger partial charge >= 0.3 is 6.09 Å². The maximum atomic E-state index is 12.7. The summed E-state index contributed by atoms with van der Waals surface area (Å²) in [5.74, 6) is 2.43. The first kappa shape index (κ1) is 26.0. The Hall–Kier alpha value is -3.05. The summed E-state index contributed by atoms with van der Waals surface area (Å²) in [5.41, 5.74) is -0.351. The molecule has 0 bridgehead atoms. The van der Waals surface area contributed by atoms with Gasteiger partial charge in [-0.05, 0) is 61.7 Å². The molecular weight excluding hydrogens is 530 g/mol. The molecule has 0 aliphatic carbocycles. The van der Waals surface area contributed by atoms with Gasteiger partial charge in [0.05, 0.1) is 20.8 Å². The summed E-state index contributed by atoms with van der Waals surface area (Å²) >= 11 is 3.55. The van der Waals surface area contributed by atoms with Crippen molar-refractivity contribution < 1.29 is 24.1 Å². The number of rotatable bonds is 6. The molecule has 3 heterocycles. The van der Waals surface area contributed by atoms with Crippen LogP contribution in [0.3, 0.4) is 0 Å². The van der Waals surface area contributed by atoms with Gasteiger partial charge in [0, 0.05) is 37.1 Å². The molecule has 10 nitrogen and oxygen atoms in total. The number of nitrogens with zero attached hydrogens (tertiary/aromatic N) is 4. The van der Waals surface area contributed by atoms with Gasteiger partial charge < -0.3 is 29.5 Å². The standard InChI is InChI=1S/C25H32BrN5O5/c1-24(2,3)36-23(32)30-11-6-9-25(33,15-30)22-29-20(26)19-21(27-10-12-31(19)22)28-14-16-7-8-17(34-4)13-18(16)35-5/h7-8,10,12-13,33H,6,9,11,14-15H2,1-5H3,(H,27,28)/t25-/m0/s1. The zero-order chi connectivity index (χ0) is 26.1. The first-order valence-corrected chi connectivity index (χ1v) is 12.5. The van der Waals surface area contributed by atoms with Gasteiger partial charge in [-0.2, -0.15) is 0 Å². The number of hydrogen-bond donors (Lipinski definition) is 2. The van der Waals surface area contributed by atoms with Crippen molar-refractivity contribution in [3.63, 3.8) is 0 Å². The number of carbonyl (C=O) groups is 1. The number of hydrogen-bond acceptors (Lipinski definition) is 8. The van der Waals surface area contributed by atoms with E-state index in [0.29, 0.717) is 59.2 Å². The van der Waals surface area contributed by atoms with E-state index in [1.165, 1.54) is 0 Å². The van der Waals surface area contributed by atoms with Crippen LogP contribution in [0.1, 0.15) is 45.0 Å². The van der Waals surface area contributed by atoms with E-state index in [-0.39, 0.29) is 6.54 Å². The Bertz CT molecular complexity index is 1260. The minimum Gasteiger partial charge on any atom is -0.497 e. The second-order valence-electron chi connectivity index (χ2n) is 9.79. The van der Waals surface area contributed by atoms with Crippen molar-refractivity contribution in [1.82, 2.24) is 19.3 Å². The Morgan fingerprint density at radius 2 is 2.06 bits per heavy atom. The van der Waals surface area contributed by atoms with E-state index in [0.717, 1.165) is 5.56 Å². The Kier molecular flexibility index (Phi) is 7.33. The minimum atomic E-state index is -1.35. The number of aliphatic hydroxyl groups is 1. The van der Waals surface area contributed by atoms with Crippen molar-refractivity contribution in [2.24, 2.45) is 0 Å². The average Bonchev–Trinajstić information content (AvgIpc) is 3.19. The molecule has 1 aliphatic heterocycles. The van der Waals surface area contributed by atoms with Crippen LogP contribution < -0.4 is 14.8 Å². The fourth-order valence-corrected chi connectivity index (χ4v) is 4.88. The van der Waals surface area contributed by atoms with Gasteiger partial charge in [-0.1, -0.05) is 0 Å². The van der Waals surface area contributed by atoms with Crippen LogP contribution in [0.5, 0.6) is 11.5 Å². The van der Waals surface area contributed by atoms with E-state index >= 15 is 0 Å². The molecule has 2 N–H and O–H groups in total. The molecule has 36 heavy (non-hydrogen) atoms. The first-order chi connectivity index (χ1) is 17.0. The van der Waals surface area contributed by atoms with Crippen molar-refractivity contribution in [3.8, 4) is 11.5 Å². The summed E-state index contributed by atoms with van der Waals surface area (Å²) in [6.45, 7) is 6.51. The Labute approximate surface area is 218 Å². The van der Waals surface area contributed by atoms with E-state index in [4.69, 9.17) is 14.2 Å². The van der Waals surface area contributed by atoms with E-state index in [9.17, 15) is 9.90 Å². The maximum Gasteiger partial charge on any atom is 0.410 e. The predicted molar refractivity (Wildman–Crippen MR) is 138 cm³/mol. The molecule has 0 radical (unpaired) electrons. The number of aromatic nitrogens is 3. The van der Waals surface area contributed by atoms with Crippen LogP contribution in [0.2, 0.25) is 0 Å². The van der Waals surface area contributed by atoms with Gasteiger partial charge in [-0.3, -0.25) is 4.40 Å². The van der Waals surface area contributed by atoms with Crippen molar-refractivity contribution in [2.75, 3.05) is 32.6 Å². The number of amides is 1. The van der Waals surface area contributed by atoms with Gasteiger partial charge in [0.2, 0.25) is 0 Å². The van der Waals surface area contributed by atoms with Gasteiger partial charge in [0.15, 0.2) is 5.82 Å². The molecule has 3 aromatic rings. The largest absolute Gasteiger partial charge is 0.497 e. The lowest BCUT2D eigenvalue weighted by Crippen LogP contribution is -2.50. The third-order valence-corrected chi connectivity index (χ3v) is 6.54. The molecule has 0 saturated carbocycles. The molecule has 1 aromatic carbocycles. The average molecular weight is 562 g/mol. The molecule has 1 atom stereocenters.